The molecule has 3 rings (SSSR count). The number of aromatic nitrogens is 1. The number of amides is 1. The van der Waals surface area contributed by atoms with Gasteiger partial charge < -0.3 is 5.73 Å². The van der Waals surface area contributed by atoms with E-state index in [0.29, 0.717) is 16.6 Å². The van der Waals surface area contributed by atoms with E-state index in [2.05, 4.69) is 10.3 Å². The Kier molecular flexibility index (Phi) is 4.20. The van der Waals surface area contributed by atoms with Crippen LogP contribution in [-0.2, 0) is 0 Å². The summed E-state index contributed by atoms with van der Waals surface area (Å²) in [5.41, 5.74) is 7.70. The van der Waals surface area contributed by atoms with Crippen LogP contribution in [0.5, 0.6) is 0 Å². The van der Waals surface area contributed by atoms with Gasteiger partial charge in [0.2, 0.25) is 0 Å². The van der Waals surface area contributed by atoms with Gasteiger partial charge in [-0.3, -0.25) is 10.1 Å². The van der Waals surface area contributed by atoms with Crippen LogP contribution in [0.15, 0.2) is 30.3 Å². The number of nitrogens with zero attached hydrogens (tertiary/aromatic N) is 1. The molecule has 3 N–H and O–H groups in total. The predicted octanol–water partition coefficient (Wildman–Crippen LogP) is 4.03. The minimum Gasteiger partial charge on any atom is -0.389 e. The van der Waals surface area contributed by atoms with Crippen molar-refractivity contribution in [3.05, 3.63) is 41.6 Å². The Balaban J connectivity index is 1.73. The summed E-state index contributed by atoms with van der Waals surface area (Å²) < 4.78 is 0. The Morgan fingerprint density at radius 1 is 1.19 bits per heavy atom. The maximum absolute atomic E-state index is 12.1. The van der Waals surface area contributed by atoms with Crippen molar-refractivity contribution < 1.29 is 4.79 Å². The van der Waals surface area contributed by atoms with Crippen molar-refractivity contribution in [2.75, 3.05) is 11.1 Å². The molecule has 0 atom stereocenters. The molecule has 0 spiro atoms. The zero-order valence-corrected chi connectivity index (χ0v) is 12.7. The summed E-state index contributed by atoms with van der Waals surface area (Å²) >= 11 is 1.37. The lowest BCUT2D eigenvalue weighted by atomic mass is 9.87. The first-order valence-electron chi connectivity index (χ1n) is 7.36. The van der Waals surface area contributed by atoms with Crippen LogP contribution in [0.2, 0.25) is 0 Å². The number of anilines is 2. The molecule has 0 unspecified atom stereocenters. The van der Waals surface area contributed by atoms with Crippen molar-refractivity contribution in [2.45, 2.75) is 38.0 Å². The van der Waals surface area contributed by atoms with E-state index in [4.69, 9.17) is 5.73 Å². The molecule has 21 heavy (non-hydrogen) atoms. The molecule has 1 saturated carbocycles. The fraction of sp³-hybridized carbons (Fsp3) is 0.375. The quantitative estimate of drug-likeness (QED) is 0.899. The van der Waals surface area contributed by atoms with Crippen LogP contribution in [0.3, 0.4) is 0 Å². The first-order valence-corrected chi connectivity index (χ1v) is 8.18. The predicted molar refractivity (Wildman–Crippen MR) is 86.7 cm³/mol. The lowest BCUT2D eigenvalue weighted by Gasteiger charge is -2.20. The number of benzene rings is 1. The van der Waals surface area contributed by atoms with Crippen molar-refractivity contribution in [1.82, 2.24) is 4.98 Å². The zero-order valence-electron chi connectivity index (χ0n) is 11.8. The lowest BCUT2D eigenvalue weighted by molar-refractivity contribution is 0.102. The Hall–Kier alpha value is -1.88. The summed E-state index contributed by atoms with van der Waals surface area (Å²) in [4.78, 5) is 16.7. The van der Waals surface area contributed by atoms with Gasteiger partial charge in [-0.1, -0.05) is 48.8 Å². The Morgan fingerprint density at radius 3 is 2.62 bits per heavy atom. The van der Waals surface area contributed by atoms with Crippen LogP contribution in [0, 0.1) is 0 Å². The molecular weight excluding hydrogens is 282 g/mol. The number of nitrogen functional groups attached to an aromatic ring is 1. The van der Waals surface area contributed by atoms with Crippen molar-refractivity contribution in [1.29, 1.82) is 0 Å². The number of carbonyl (C=O) groups excluding carboxylic acids is 1. The first kappa shape index (κ1) is 14.1. The van der Waals surface area contributed by atoms with E-state index in [1.807, 2.05) is 18.2 Å². The molecule has 0 saturated heterocycles. The van der Waals surface area contributed by atoms with Crippen molar-refractivity contribution in [3.8, 4) is 0 Å². The summed E-state index contributed by atoms with van der Waals surface area (Å²) in [5.74, 6) is 0.317. The van der Waals surface area contributed by atoms with Gasteiger partial charge in [0.15, 0.2) is 5.13 Å². The number of nitrogens with two attached hydrogens (primary N) is 1. The van der Waals surface area contributed by atoms with E-state index in [0.717, 1.165) is 23.5 Å². The summed E-state index contributed by atoms with van der Waals surface area (Å²) in [5, 5.41) is 4.19. The number of rotatable bonds is 3. The maximum atomic E-state index is 12.1. The fourth-order valence-corrected chi connectivity index (χ4v) is 3.64. The number of carbonyl (C=O) groups is 1. The van der Waals surface area contributed by atoms with Crippen molar-refractivity contribution in [2.24, 2.45) is 0 Å². The topological polar surface area (TPSA) is 68.0 Å². The maximum Gasteiger partial charge on any atom is 0.257 e. The fourth-order valence-electron chi connectivity index (χ4n) is 2.82. The third-order valence-electron chi connectivity index (χ3n) is 3.93. The van der Waals surface area contributed by atoms with Gasteiger partial charge in [0.05, 0.1) is 5.69 Å². The standard InChI is InChI=1S/C16H19N3OS/c17-14-13(11-7-3-1-4-8-11)18-16(21-14)19-15(20)12-9-5-2-6-10-12/h2,5-6,9-11H,1,3-4,7-8,17H2,(H,18,19,20). The number of hydrogen-bond donors (Lipinski definition) is 2. The molecule has 1 fully saturated rings. The second-order valence-electron chi connectivity index (χ2n) is 5.42. The molecule has 1 aromatic heterocycles. The van der Waals surface area contributed by atoms with E-state index in [1.165, 1.54) is 30.6 Å². The zero-order chi connectivity index (χ0) is 14.7. The van der Waals surface area contributed by atoms with Gasteiger partial charge in [0.1, 0.15) is 5.00 Å². The van der Waals surface area contributed by atoms with Gasteiger partial charge >= 0.3 is 0 Å². The highest BCUT2D eigenvalue weighted by Crippen LogP contribution is 2.38. The largest absolute Gasteiger partial charge is 0.389 e. The number of thiazole rings is 1. The van der Waals surface area contributed by atoms with Gasteiger partial charge in [0, 0.05) is 11.5 Å². The van der Waals surface area contributed by atoms with Crippen LogP contribution in [0.4, 0.5) is 10.1 Å². The van der Waals surface area contributed by atoms with Gasteiger partial charge in [0.25, 0.3) is 5.91 Å². The number of nitrogens with one attached hydrogen (secondary N) is 1. The summed E-state index contributed by atoms with van der Waals surface area (Å²) in [6.07, 6.45) is 6.10. The molecule has 2 aromatic rings. The number of hydrogen-bond acceptors (Lipinski definition) is 4. The van der Waals surface area contributed by atoms with Crippen molar-refractivity contribution >= 4 is 27.4 Å². The summed E-state index contributed by atoms with van der Waals surface area (Å²) in [7, 11) is 0. The third-order valence-corrected chi connectivity index (χ3v) is 4.75. The van der Waals surface area contributed by atoms with Crippen LogP contribution in [0.1, 0.15) is 54.1 Å². The van der Waals surface area contributed by atoms with E-state index >= 15 is 0 Å². The molecule has 1 aliphatic rings. The molecule has 110 valence electrons. The van der Waals surface area contributed by atoms with Crippen LogP contribution >= 0.6 is 11.3 Å². The first-order chi connectivity index (χ1) is 10.2. The lowest BCUT2D eigenvalue weighted by Crippen LogP contribution is -2.12. The highest BCUT2D eigenvalue weighted by molar-refractivity contribution is 7.19. The molecule has 0 aliphatic heterocycles. The van der Waals surface area contributed by atoms with Crippen LogP contribution in [0.25, 0.3) is 0 Å². The molecule has 0 radical (unpaired) electrons. The average Bonchev–Trinajstić information content (AvgIpc) is 2.89. The van der Waals surface area contributed by atoms with Gasteiger partial charge in [-0.15, -0.1) is 0 Å². The molecular formula is C16H19N3OS. The molecule has 4 nitrogen and oxygen atoms in total. The highest BCUT2D eigenvalue weighted by Gasteiger charge is 2.22. The van der Waals surface area contributed by atoms with E-state index in [-0.39, 0.29) is 5.91 Å². The molecule has 5 heteroatoms. The highest BCUT2D eigenvalue weighted by atomic mass is 32.1. The third kappa shape index (κ3) is 3.24. The van der Waals surface area contributed by atoms with Crippen LogP contribution in [-0.4, -0.2) is 10.9 Å². The minimum atomic E-state index is -0.139. The molecule has 0 bridgehead atoms. The summed E-state index contributed by atoms with van der Waals surface area (Å²) in [6, 6.07) is 9.15. The monoisotopic (exact) mass is 301 g/mol. The van der Waals surface area contributed by atoms with E-state index in [1.54, 1.807) is 12.1 Å². The Bertz CT molecular complexity index is 618. The molecule has 1 aromatic carbocycles. The Labute approximate surface area is 128 Å². The molecule has 1 amide bonds. The summed E-state index contributed by atoms with van der Waals surface area (Å²) in [6.45, 7) is 0. The molecule has 1 aliphatic carbocycles. The van der Waals surface area contributed by atoms with Gasteiger partial charge in [-0.05, 0) is 25.0 Å². The van der Waals surface area contributed by atoms with Crippen molar-refractivity contribution in [3.63, 3.8) is 0 Å². The SMILES string of the molecule is Nc1sc(NC(=O)c2ccccc2)nc1C1CCCCC1. The smallest absolute Gasteiger partial charge is 0.257 e. The Morgan fingerprint density at radius 2 is 1.90 bits per heavy atom. The average molecular weight is 301 g/mol. The second-order valence-corrected chi connectivity index (χ2v) is 6.45. The van der Waals surface area contributed by atoms with E-state index < -0.39 is 0 Å². The van der Waals surface area contributed by atoms with Gasteiger partial charge in [-0.25, -0.2) is 4.98 Å². The van der Waals surface area contributed by atoms with Gasteiger partial charge in [-0.2, -0.15) is 0 Å². The normalized spacial score (nSPS) is 15.8. The van der Waals surface area contributed by atoms with E-state index in [9.17, 15) is 4.79 Å². The molecule has 1 heterocycles. The minimum absolute atomic E-state index is 0.139. The van der Waals surface area contributed by atoms with Crippen LogP contribution < -0.4 is 11.1 Å². The second kappa shape index (κ2) is 6.26.